The average Bonchev–Trinajstić information content (AvgIpc) is 3.14. The lowest BCUT2D eigenvalue weighted by Crippen LogP contribution is -2.23. The van der Waals surface area contributed by atoms with Crippen molar-refractivity contribution >= 4 is 41.8 Å². The van der Waals surface area contributed by atoms with E-state index in [1.807, 2.05) is 42.7 Å². The van der Waals surface area contributed by atoms with Crippen LogP contribution in [-0.4, -0.2) is 10.9 Å². The maximum absolute atomic E-state index is 12.6. The Balaban J connectivity index is 1.75. The van der Waals surface area contributed by atoms with E-state index in [2.05, 4.69) is 53.6 Å². The first-order valence-corrected chi connectivity index (χ1v) is 10.3. The quantitative estimate of drug-likeness (QED) is 0.530. The van der Waals surface area contributed by atoms with Gasteiger partial charge in [-0.3, -0.25) is 4.79 Å². The minimum atomic E-state index is -0.139. The number of anilines is 1. The molecule has 3 rings (SSSR count). The van der Waals surface area contributed by atoms with Gasteiger partial charge in [0.2, 0.25) is 0 Å². The van der Waals surface area contributed by atoms with Gasteiger partial charge in [-0.05, 0) is 30.2 Å². The van der Waals surface area contributed by atoms with Crippen molar-refractivity contribution in [2.75, 3.05) is 5.32 Å². The maximum atomic E-state index is 12.6. The summed E-state index contributed by atoms with van der Waals surface area (Å²) in [7, 11) is 0. The summed E-state index contributed by atoms with van der Waals surface area (Å²) in [6.07, 6.45) is 4.00. The van der Waals surface area contributed by atoms with Crippen LogP contribution < -0.4 is 15.4 Å². The highest BCUT2D eigenvalue weighted by Crippen LogP contribution is 2.27. The molecule has 2 aromatic rings. The molecule has 7 heteroatoms. The summed E-state index contributed by atoms with van der Waals surface area (Å²) in [6.45, 7) is 10.7. The summed E-state index contributed by atoms with van der Waals surface area (Å²) in [5.41, 5.74) is 5.78. The molecule has 146 valence electrons. The van der Waals surface area contributed by atoms with E-state index in [0.29, 0.717) is 23.7 Å². The van der Waals surface area contributed by atoms with Crippen LogP contribution in [0, 0.1) is 0 Å². The van der Waals surface area contributed by atoms with Gasteiger partial charge in [-0.15, -0.1) is 11.3 Å². The van der Waals surface area contributed by atoms with Crippen LogP contribution in [0.5, 0.6) is 0 Å². The Morgan fingerprint density at radius 3 is 2.82 bits per heavy atom. The molecule has 0 unspecified atom stereocenters. The molecule has 1 aliphatic heterocycles. The normalized spacial score (nSPS) is 14.8. The standard InChI is InChI=1S/C21H24N4OS2/c1-12(2)21-24-17(11-28-21)10-22-20(26)16-8-7-15-6-5-13(3)19(25-27)14(4)23-18(15)9-16/h5-9,11-12,23,25,27H,4,10H2,1-3H3,(H,22,26)/b6-5-,19-13?. The van der Waals surface area contributed by atoms with Crippen molar-refractivity contribution in [3.05, 3.63) is 75.0 Å². The molecule has 5 nitrogen and oxygen atoms in total. The van der Waals surface area contributed by atoms with Gasteiger partial charge >= 0.3 is 0 Å². The number of thiazole rings is 1. The van der Waals surface area contributed by atoms with Gasteiger partial charge in [-0.1, -0.05) is 51.5 Å². The van der Waals surface area contributed by atoms with Crippen molar-refractivity contribution in [3.8, 4) is 0 Å². The number of allylic oxidation sites excluding steroid dienone is 2. The minimum absolute atomic E-state index is 0.139. The largest absolute Gasteiger partial charge is 0.354 e. The highest BCUT2D eigenvalue weighted by molar-refractivity contribution is 7.78. The highest BCUT2D eigenvalue weighted by Gasteiger charge is 2.14. The van der Waals surface area contributed by atoms with Gasteiger partial charge in [0.05, 0.1) is 28.6 Å². The van der Waals surface area contributed by atoms with E-state index >= 15 is 0 Å². The number of hydrogen-bond acceptors (Lipinski definition) is 6. The number of amides is 1. The zero-order chi connectivity index (χ0) is 20.3. The molecule has 0 fully saturated rings. The fourth-order valence-corrected chi connectivity index (χ4v) is 3.96. The van der Waals surface area contributed by atoms with Crippen LogP contribution >= 0.6 is 24.2 Å². The third-order valence-electron chi connectivity index (χ3n) is 4.42. The number of aromatic nitrogens is 1. The van der Waals surface area contributed by atoms with E-state index in [0.717, 1.165) is 33.2 Å². The lowest BCUT2D eigenvalue weighted by molar-refractivity contribution is 0.0950. The first-order valence-electron chi connectivity index (χ1n) is 9.01. The first kappa shape index (κ1) is 20.2. The van der Waals surface area contributed by atoms with E-state index in [1.165, 1.54) is 0 Å². The molecule has 1 aliphatic rings. The Kier molecular flexibility index (Phi) is 6.26. The predicted octanol–water partition coefficient (Wildman–Crippen LogP) is 4.86. The molecule has 0 bridgehead atoms. The minimum Gasteiger partial charge on any atom is -0.354 e. The molecule has 0 saturated carbocycles. The summed E-state index contributed by atoms with van der Waals surface area (Å²) in [6, 6.07) is 5.58. The molecular formula is C21H24N4OS2. The van der Waals surface area contributed by atoms with Crippen molar-refractivity contribution in [2.45, 2.75) is 33.2 Å². The number of thiol groups is 1. The maximum Gasteiger partial charge on any atom is 0.251 e. The van der Waals surface area contributed by atoms with Crippen LogP contribution in [-0.2, 0) is 6.54 Å². The second kappa shape index (κ2) is 8.67. The van der Waals surface area contributed by atoms with Crippen molar-refractivity contribution in [1.82, 2.24) is 15.0 Å². The molecule has 1 aromatic carbocycles. The third kappa shape index (κ3) is 4.48. The molecule has 1 aromatic heterocycles. The molecular weight excluding hydrogens is 388 g/mol. The van der Waals surface area contributed by atoms with Gasteiger partial charge in [0, 0.05) is 22.5 Å². The van der Waals surface area contributed by atoms with E-state index in [4.69, 9.17) is 0 Å². The number of rotatable bonds is 5. The lowest BCUT2D eigenvalue weighted by atomic mass is 10.0. The highest BCUT2D eigenvalue weighted by atomic mass is 32.1. The zero-order valence-corrected chi connectivity index (χ0v) is 17.9. The number of carbonyl (C=O) groups is 1. The van der Waals surface area contributed by atoms with Gasteiger partial charge in [-0.2, -0.15) is 0 Å². The van der Waals surface area contributed by atoms with Crippen molar-refractivity contribution in [1.29, 1.82) is 0 Å². The number of nitrogens with one attached hydrogen (secondary N) is 3. The molecule has 0 aliphatic carbocycles. The van der Waals surface area contributed by atoms with Crippen LogP contribution in [0.2, 0.25) is 0 Å². The molecule has 0 atom stereocenters. The van der Waals surface area contributed by atoms with Gasteiger partial charge in [-0.25, -0.2) is 4.98 Å². The fourth-order valence-electron chi connectivity index (χ4n) is 2.81. The Labute approximate surface area is 175 Å². The topological polar surface area (TPSA) is 66.0 Å². The van der Waals surface area contributed by atoms with Crippen molar-refractivity contribution < 1.29 is 4.79 Å². The number of carbonyl (C=O) groups excluding carboxylic acids is 1. The first-order chi connectivity index (χ1) is 13.4. The summed E-state index contributed by atoms with van der Waals surface area (Å²) in [5.74, 6) is 0.254. The van der Waals surface area contributed by atoms with E-state index in [1.54, 1.807) is 11.3 Å². The Hall–Kier alpha value is -2.51. The smallest absolute Gasteiger partial charge is 0.251 e. The molecule has 0 spiro atoms. The molecule has 2 heterocycles. The fraction of sp³-hybridized carbons (Fsp3) is 0.238. The molecule has 0 radical (unpaired) electrons. The summed E-state index contributed by atoms with van der Waals surface area (Å²) in [5, 5.41) is 9.29. The Morgan fingerprint density at radius 1 is 1.36 bits per heavy atom. The third-order valence-corrected chi connectivity index (χ3v) is 5.83. The predicted molar refractivity (Wildman–Crippen MR) is 120 cm³/mol. The molecule has 1 amide bonds. The lowest BCUT2D eigenvalue weighted by Gasteiger charge is -2.19. The zero-order valence-electron chi connectivity index (χ0n) is 16.2. The van der Waals surface area contributed by atoms with Gasteiger partial charge in [0.15, 0.2) is 0 Å². The second-order valence-electron chi connectivity index (χ2n) is 6.92. The number of benzene rings is 1. The van der Waals surface area contributed by atoms with Crippen LogP contribution in [0.15, 0.2) is 53.2 Å². The number of nitrogens with zero attached hydrogens (tertiary/aromatic N) is 1. The number of hydrogen-bond donors (Lipinski definition) is 4. The SMILES string of the molecule is C=C1Nc2cc(C(=O)NCc3csc(C(C)C)n3)ccc2/C=C\C(C)=C1NS. The average molecular weight is 413 g/mol. The van der Waals surface area contributed by atoms with E-state index in [9.17, 15) is 4.79 Å². The monoisotopic (exact) mass is 412 g/mol. The summed E-state index contributed by atoms with van der Waals surface area (Å²) in [4.78, 5) is 17.2. The van der Waals surface area contributed by atoms with Gasteiger partial charge in [0.25, 0.3) is 5.91 Å². The molecule has 3 N–H and O–H groups in total. The van der Waals surface area contributed by atoms with Crippen molar-refractivity contribution in [2.24, 2.45) is 0 Å². The summed E-state index contributed by atoms with van der Waals surface area (Å²) >= 11 is 5.78. The van der Waals surface area contributed by atoms with Gasteiger partial charge < -0.3 is 15.4 Å². The molecule has 28 heavy (non-hydrogen) atoms. The van der Waals surface area contributed by atoms with Crippen LogP contribution in [0.25, 0.3) is 6.08 Å². The van der Waals surface area contributed by atoms with E-state index < -0.39 is 0 Å². The van der Waals surface area contributed by atoms with Crippen LogP contribution in [0.1, 0.15) is 53.3 Å². The summed E-state index contributed by atoms with van der Waals surface area (Å²) < 4.78 is 2.86. The number of fused-ring (bicyclic) bond motifs is 1. The molecule has 0 saturated heterocycles. The van der Waals surface area contributed by atoms with Crippen LogP contribution in [0.3, 0.4) is 0 Å². The van der Waals surface area contributed by atoms with Crippen LogP contribution in [0.4, 0.5) is 5.69 Å². The Morgan fingerprint density at radius 2 is 2.14 bits per heavy atom. The second-order valence-corrected chi connectivity index (χ2v) is 8.04. The van der Waals surface area contributed by atoms with Gasteiger partial charge in [0.1, 0.15) is 0 Å². The van der Waals surface area contributed by atoms with Crippen molar-refractivity contribution in [3.63, 3.8) is 0 Å². The van der Waals surface area contributed by atoms with E-state index in [-0.39, 0.29) is 5.91 Å². The Bertz CT molecular complexity index is 973.